The second-order valence-electron chi connectivity index (χ2n) is 6.56. The number of hydrogen-bond acceptors (Lipinski definition) is 6. The zero-order valence-electron chi connectivity index (χ0n) is 17.9. The summed E-state index contributed by atoms with van der Waals surface area (Å²) in [6.07, 6.45) is 2.16. The third kappa shape index (κ3) is 7.46. The number of benzene rings is 1. The molecule has 0 saturated carbocycles. The molecule has 0 radical (unpaired) electrons. The number of H-pyrrole nitrogens is 1. The van der Waals surface area contributed by atoms with Crippen molar-refractivity contribution in [2.45, 2.75) is 26.4 Å². The standard InChI is InChI=1S/C21H28N6O3.HI/c1-4-22-21(24-14-15(2)30-17-9-6-5-8-16(17)28-3)23-12-11-19-25-20(27-26-19)18-10-7-13-29-18;/h5-10,13,15H,4,11-12,14H2,1-3H3,(H2,22,23,24)(H,25,26,27);1H. The van der Waals surface area contributed by atoms with E-state index in [1.807, 2.05) is 50.2 Å². The summed E-state index contributed by atoms with van der Waals surface area (Å²) in [6.45, 7) is 5.92. The first-order valence-corrected chi connectivity index (χ1v) is 9.96. The number of aliphatic imine (C=N–C) groups is 1. The highest BCUT2D eigenvalue weighted by molar-refractivity contribution is 14.0. The van der Waals surface area contributed by atoms with Gasteiger partial charge in [-0.2, -0.15) is 5.10 Å². The molecule has 0 saturated heterocycles. The monoisotopic (exact) mass is 540 g/mol. The van der Waals surface area contributed by atoms with Crippen molar-refractivity contribution in [1.29, 1.82) is 0 Å². The predicted molar refractivity (Wildman–Crippen MR) is 130 cm³/mol. The van der Waals surface area contributed by atoms with E-state index < -0.39 is 0 Å². The Morgan fingerprint density at radius 1 is 1.19 bits per heavy atom. The van der Waals surface area contributed by atoms with Crippen LogP contribution >= 0.6 is 24.0 Å². The maximum absolute atomic E-state index is 5.96. The van der Waals surface area contributed by atoms with Gasteiger partial charge >= 0.3 is 0 Å². The number of methoxy groups -OCH3 is 1. The van der Waals surface area contributed by atoms with E-state index >= 15 is 0 Å². The Balaban J connectivity index is 0.00000341. The molecule has 3 N–H and O–H groups in total. The van der Waals surface area contributed by atoms with Crippen LogP contribution in [0.3, 0.4) is 0 Å². The van der Waals surface area contributed by atoms with E-state index in [4.69, 9.17) is 13.9 Å². The van der Waals surface area contributed by atoms with E-state index in [2.05, 4.69) is 30.8 Å². The zero-order valence-corrected chi connectivity index (χ0v) is 20.3. The summed E-state index contributed by atoms with van der Waals surface area (Å²) in [4.78, 5) is 9.05. The van der Waals surface area contributed by atoms with Crippen LogP contribution in [0.25, 0.3) is 11.6 Å². The van der Waals surface area contributed by atoms with Crippen molar-refractivity contribution in [3.05, 3.63) is 48.5 Å². The quantitative estimate of drug-likeness (QED) is 0.206. The molecule has 0 amide bonds. The van der Waals surface area contributed by atoms with Gasteiger partial charge in [0.05, 0.1) is 19.9 Å². The highest BCUT2D eigenvalue weighted by atomic mass is 127. The van der Waals surface area contributed by atoms with Crippen molar-refractivity contribution in [3.8, 4) is 23.1 Å². The fourth-order valence-corrected chi connectivity index (χ4v) is 2.75. The van der Waals surface area contributed by atoms with Crippen LogP contribution in [0.4, 0.5) is 0 Å². The Hall–Kier alpha value is -2.76. The fraction of sp³-hybridized carbons (Fsp3) is 0.381. The molecule has 3 rings (SSSR count). The van der Waals surface area contributed by atoms with Gasteiger partial charge in [-0.25, -0.2) is 9.98 Å². The highest BCUT2D eigenvalue weighted by Crippen LogP contribution is 2.26. The van der Waals surface area contributed by atoms with Crippen molar-refractivity contribution in [2.75, 3.05) is 26.7 Å². The molecule has 31 heavy (non-hydrogen) atoms. The number of aromatic amines is 1. The topological polar surface area (TPSA) is 110 Å². The molecule has 0 fully saturated rings. The molecule has 2 heterocycles. The summed E-state index contributed by atoms with van der Waals surface area (Å²) in [5.74, 6) is 4.11. The number of furan rings is 1. The largest absolute Gasteiger partial charge is 0.493 e. The van der Waals surface area contributed by atoms with Gasteiger partial charge in [-0.15, -0.1) is 24.0 Å². The second-order valence-corrected chi connectivity index (χ2v) is 6.56. The van der Waals surface area contributed by atoms with Crippen molar-refractivity contribution >= 4 is 29.9 Å². The number of halogens is 1. The molecule has 1 aromatic carbocycles. The van der Waals surface area contributed by atoms with E-state index in [9.17, 15) is 0 Å². The van der Waals surface area contributed by atoms with Crippen LogP contribution < -0.4 is 20.1 Å². The summed E-state index contributed by atoms with van der Waals surface area (Å²) in [6, 6.07) is 11.2. The molecular weight excluding hydrogens is 511 g/mol. The fourth-order valence-electron chi connectivity index (χ4n) is 2.75. The lowest BCUT2D eigenvalue weighted by Gasteiger charge is -2.16. The van der Waals surface area contributed by atoms with Crippen molar-refractivity contribution in [2.24, 2.45) is 4.99 Å². The number of nitrogens with zero attached hydrogens (tertiary/aromatic N) is 3. The summed E-state index contributed by atoms with van der Waals surface area (Å²) < 4.78 is 16.6. The lowest BCUT2D eigenvalue weighted by Crippen LogP contribution is -2.39. The number of hydrogen-bond donors (Lipinski definition) is 3. The SMILES string of the molecule is CCNC(=NCC(C)Oc1ccccc1OC)NCCc1nc(-c2ccco2)n[nH]1.I. The molecule has 1 atom stereocenters. The Kier molecular flexibility index (Phi) is 10.1. The maximum atomic E-state index is 5.96. The van der Waals surface area contributed by atoms with Crippen molar-refractivity contribution in [3.63, 3.8) is 0 Å². The van der Waals surface area contributed by atoms with E-state index in [1.165, 1.54) is 0 Å². The van der Waals surface area contributed by atoms with Gasteiger partial charge in [0.25, 0.3) is 0 Å². The number of nitrogens with one attached hydrogen (secondary N) is 3. The predicted octanol–water partition coefficient (Wildman–Crippen LogP) is 3.26. The zero-order chi connectivity index (χ0) is 21.2. The number of ether oxygens (including phenoxy) is 2. The Bertz CT molecular complexity index is 929. The molecule has 0 aliphatic heterocycles. The second kappa shape index (κ2) is 12.8. The molecule has 10 heteroatoms. The van der Waals surface area contributed by atoms with Crippen molar-refractivity contribution in [1.82, 2.24) is 25.8 Å². The van der Waals surface area contributed by atoms with Crippen LogP contribution in [0.5, 0.6) is 11.5 Å². The van der Waals surface area contributed by atoms with E-state index in [0.29, 0.717) is 42.6 Å². The maximum Gasteiger partial charge on any atom is 0.216 e. The molecular formula is C21H29IN6O3. The van der Waals surface area contributed by atoms with Gasteiger partial charge in [-0.1, -0.05) is 12.1 Å². The van der Waals surface area contributed by atoms with E-state index in [-0.39, 0.29) is 30.1 Å². The first kappa shape index (κ1) is 24.5. The molecule has 2 aromatic heterocycles. The molecule has 0 spiro atoms. The van der Waals surface area contributed by atoms with Gasteiger partial charge in [0.1, 0.15) is 11.9 Å². The smallest absolute Gasteiger partial charge is 0.216 e. The van der Waals surface area contributed by atoms with Crippen LogP contribution in [0.1, 0.15) is 19.7 Å². The molecule has 1 unspecified atom stereocenters. The molecule has 0 aliphatic rings. The number of aromatic nitrogens is 3. The average molecular weight is 540 g/mol. The first-order chi connectivity index (χ1) is 14.7. The van der Waals surface area contributed by atoms with Gasteiger partial charge in [0.2, 0.25) is 5.82 Å². The normalized spacial score (nSPS) is 12.0. The molecule has 3 aromatic rings. The summed E-state index contributed by atoms with van der Waals surface area (Å²) in [5.41, 5.74) is 0. The van der Waals surface area contributed by atoms with Crippen LogP contribution in [0.2, 0.25) is 0 Å². The van der Waals surface area contributed by atoms with Gasteiger partial charge in [0, 0.05) is 19.5 Å². The minimum Gasteiger partial charge on any atom is -0.493 e. The number of para-hydroxylation sites is 2. The Labute approximate surface area is 199 Å². The van der Waals surface area contributed by atoms with E-state index in [1.54, 1.807) is 13.4 Å². The summed E-state index contributed by atoms with van der Waals surface area (Å²) in [5, 5.41) is 13.6. The van der Waals surface area contributed by atoms with Gasteiger partial charge < -0.3 is 24.5 Å². The summed E-state index contributed by atoms with van der Waals surface area (Å²) >= 11 is 0. The highest BCUT2D eigenvalue weighted by Gasteiger charge is 2.10. The molecule has 9 nitrogen and oxygen atoms in total. The van der Waals surface area contributed by atoms with Crippen LogP contribution in [0, 0.1) is 0 Å². The van der Waals surface area contributed by atoms with Gasteiger partial charge in [-0.3, -0.25) is 5.10 Å². The average Bonchev–Trinajstić information content (AvgIpc) is 3.44. The lowest BCUT2D eigenvalue weighted by molar-refractivity contribution is 0.219. The summed E-state index contributed by atoms with van der Waals surface area (Å²) in [7, 11) is 1.63. The minimum atomic E-state index is -0.109. The number of guanidine groups is 1. The van der Waals surface area contributed by atoms with Crippen LogP contribution in [-0.2, 0) is 6.42 Å². The molecule has 0 bridgehead atoms. The van der Waals surface area contributed by atoms with Crippen LogP contribution in [-0.4, -0.2) is 54.0 Å². The van der Waals surface area contributed by atoms with Gasteiger partial charge in [0.15, 0.2) is 23.2 Å². The van der Waals surface area contributed by atoms with Gasteiger partial charge in [-0.05, 0) is 38.1 Å². The first-order valence-electron chi connectivity index (χ1n) is 9.96. The van der Waals surface area contributed by atoms with E-state index in [0.717, 1.165) is 18.3 Å². The minimum absolute atomic E-state index is 0. The Morgan fingerprint density at radius 2 is 2.00 bits per heavy atom. The molecule has 168 valence electrons. The van der Waals surface area contributed by atoms with Crippen LogP contribution in [0.15, 0.2) is 52.1 Å². The number of rotatable bonds is 10. The third-order valence-electron chi connectivity index (χ3n) is 4.18. The lowest BCUT2D eigenvalue weighted by atomic mass is 10.3. The van der Waals surface area contributed by atoms with Crippen molar-refractivity contribution < 1.29 is 13.9 Å². The Morgan fingerprint density at radius 3 is 2.71 bits per heavy atom. The third-order valence-corrected chi connectivity index (χ3v) is 4.18. The molecule has 0 aliphatic carbocycles.